The van der Waals surface area contributed by atoms with Crippen molar-refractivity contribution in [3.63, 3.8) is 0 Å². The second-order valence-corrected chi connectivity index (χ2v) is 7.77. The second-order valence-electron chi connectivity index (χ2n) is 7.33. The summed E-state index contributed by atoms with van der Waals surface area (Å²) in [6, 6.07) is 25.5. The number of pyridine rings is 1. The van der Waals surface area contributed by atoms with E-state index < -0.39 is 0 Å². The van der Waals surface area contributed by atoms with Gasteiger partial charge in [-0.25, -0.2) is 9.78 Å². The first-order chi connectivity index (χ1) is 15.6. The molecular formula is C28H22ClNO2. The number of allylic oxidation sites excluding steroid dienone is 1. The van der Waals surface area contributed by atoms with Crippen LogP contribution in [0.15, 0.2) is 84.9 Å². The van der Waals surface area contributed by atoms with Gasteiger partial charge in [0.2, 0.25) is 0 Å². The second kappa shape index (κ2) is 10.1. The molecule has 0 aliphatic heterocycles. The predicted octanol–water partition coefficient (Wildman–Crippen LogP) is 7.10. The summed E-state index contributed by atoms with van der Waals surface area (Å²) in [6.45, 7) is 0. The number of ether oxygens (including phenoxy) is 1. The van der Waals surface area contributed by atoms with Crippen LogP contribution < -0.4 is 0 Å². The summed E-state index contributed by atoms with van der Waals surface area (Å²) in [6.07, 6.45) is 8.80. The highest BCUT2D eigenvalue weighted by Crippen LogP contribution is 2.19. The molecule has 0 spiro atoms. The summed E-state index contributed by atoms with van der Waals surface area (Å²) < 4.78 is 4.87. The molecule has 0 amide bonds. The highest BCUT2D eigenvalue weighted by atomic mass is 35.5. The Bertz CT molecular complexity index is 1320. The summed E-state index contributed by atoms with van der Waals surface area (Å²) in [5.41, 5.74) is 5.45. The number of carbonyl (C=O) groups excluding carboxylic acids is 1. The third kappa shape index (κ3) is 5.32. The fourth-order valence-corrected chi connectivity index (χ4v) is 3.64. The molecule has 4 aromatic rings. The Hall–Kier alpha value is -3.69. The molecule has 0 bridgehead atoms. The van der Waals surface area contributed by atoms with Crippen LogP contribution in [0.1, 0.15) is 32.7 Å². The number of esters is 1. The van der Waals surface area contributed by atoms with E-state index in [9.17, 15) is 4.79 Å². The lowest BCUT2D eigenvalue weighted by molar-refractivity contribution is 0.0599. The number of rotatable bonds is 6. The van der Waals surface area contributed by atoms with Crippen molar-refractivity contribution >= 4 is 46.7 Å². The van der Waals surface area contributed by atoms with E-state index in [-0.39, 0.29) is 5.97 Å². The molecule has 0 saturated carbocycles. The molecule has 1 aromatic heterocycles. The van der Waals surface area contributed by atoms with Crippen LogP contribution in [-0.4, -0.2) is 18.1 Å². The summed E-state index contributed by atoms with van der Waals surface area (Å²) in [4.78, 5) is 16.6. The average molecular weight is 440 g/mol. The first-order valence-corrected chi connectivity index (χ1v) is 10.7. The number of carbonyl (C=O) groups is 1. The van der Waals surface area contributed by atoms with Crippen molar-refractivity contribution in [2.45, 2.75) is 6.42 Å². The Kier molecular flexibility index (Phi) is 6.78. The van der Waals surface area contributed by atoms with Crippen LogP contribution in [0.3, 0.4) is 0 Å². The average Bonchev–Trinajstić information content (AvgIpc) is 2.82. The smallest absolute Gasteiger partial charge is 0.338 e. The number of fused-ring (bicyclic) bond motifs is 1. The lowest BCUT2D eigenvalue weighted by Gasteiger charge is -2.05. The summed E-state index contributed by atoms with van der Waals surface area (Å²) >= 11 is 6.09. The number of benzene rings is 3. The van der Waals surface area contributed by atoms with Crippen LogP contribution in [0.5, 0.6) is 0 Å². The van der Waals surface area contributed by atoms with Gasteiger partial charge >= 0.3 is 5.97 Å². The molecule has 0 saturated heterocycles. The van der Waals surface area contributed by atoms with Gasteiger partial charge in [-0.2, -0.15) is 0 Å². The van der Waals surface area contributed by atoms with Crippen LogP contribution in [-0.2, 0) is 11.2 Å². The number of aromatic nitrogens is 1. The summed E-state index contributed by atoms with van der Waals surface area (Å²) in [7, 11) is 1.40. The highest BCUT2D eigenvalue weighted by Gasteiger charge is 2.09. The predicted molar refractivity (Wildman–Crippen MR) is 133 cm³/mol. The van der Waals surface area contributed by atoms with Gasteiger partial charge in [-0.1, -0.05) is 78.4 Å². The van der Waals surface area contributed by atoms with Gasteiger partial charge in [-0.05, 0) is 59.5 Å². The van der Waals surface area contributed by atoms with E-state index in [2.05, 4.69) is 35.3 Å². The van der Waals surface area contributed by atoms with E-state index in [0.717, 1.165) is 33.3 Å². The van der Waals surface area contributed by atoms with Crippen LogP contribution in [0.4, 0.5) is 0 Å². The Balaban J connectivity index is 1.48. The maximum absolute atomic E-state index is 11.9. The van der Waals surface area contributed by atoms with Gasteiger partial charge in [0.05, 0.1) is 23.9 Å². The summed E-state index contributed by atoms with van der Waals surface area (Å²) in [5, 5.41) is 1.74. The molecule has 32 heavy (non-hydrogen) atoms. The molecule has 0 fully saturated rings. The zero-order valence-corrected chi connectivity index (χ0v) is 18.4. The van der Waals surface area contributed by atoms with Gasteiger partial charge in [0.15, 0.2) is 0 Å². The third-order valence-electron chi connectivity index (χ3n) is 5.10. The number of hydrogen-bond acceptors (Lipinski definition) is 3. The van der Waals surface area contributed by atoms with E-state index in [1.54, 1.807) is 6.07 Å². The molecule has 4 heteroatoms. The lowest BCUT2D eigenvalue weighted by Crippen LogP contribution is -2.04. The number of methoxy groups -OCH3 is 1. The van der Waals surface area contributed by atoms with Crippen LogP contribution in [0.25, 0.3) is 29.1 Å². The van der Waals surface area contributed by atoms with Gasteiger partial charge in [0, 0.05) is 10.4 Å². The molecular weight excluding hydrogens is 418 g/mol. The first kappa shape index (κ1) is 21.5. The van der Waals surface area contributed by atoms with Crippen molar-refractivity contribution in [2.24, 2.45) is 0 Å². The molecule has 0 N–H and O–H groups in total. The Labute approximate surface area is 192 Å². The number of hydrogen-bond donors (Lipinski definition) is 0. The van der Waals surface area contributed by atoms with Gasteiger partial charge in [-0.15, -0.1) is 0 Å². The van der Waals surface area contributed by atoms with Gasteiger partial charge in [0.1, 0.15) is 0 Å². The monoisotopic (exact) mass is 439 g/mol. The first-order valence-electron chi connectivity index (χ1n) is 10.3. The molecule has 1 heterocycles. The molecule has 4 rings (SSSR count). The van der Waals surface area contributed by atoms with Crippen molar-refractivity contribution in [1.82, 2.24) is 4.98 Å². The minimum absolute atomic E-state index is 0.314. The molecule has 158 valence electrons. The lowest BCUT2D eigenvalue weighted by atomic mass is 10.0. The van der Waals surface area contributed by atoms with Crippen LogP contribution >= 0.6 is 11.6 Å². The maximum atomic E-state index is 11.9. The van der Waals surface area contributed by atoms with Crippen LogP contribution in [0, 0.1) is 0 Å². The standard InChI is InChI=1S/C28H22ClNO2/c1-32-28(31)26-11-3-2-9-22(26)10-5-8-20-6-4-7-21(18-20)12-16-25-17-14-23-13-15-24(29)19-27(23)30-25/h2-9,11-19H,10H2,1H3/b8-5+,16-12+. The normalized spacial score (nSPS) is 11.4. The van der Waals surface area contributed by atoms with Crippen molar-refractivity contribution in [3.8, 4) is 0 Å². The fourth-order valence-electron chi connectivity index (χ4n) is 3.48. The zero-order chi connectivity index (χ0) is 22.3. The molecule has 0 atom stereocenters. The van der Waals surface area contributed by atoms with E-state index in [1.807, 2.05) is 66.7 Å². The number of nitrogens with zero attached hydrogens (tertiary/aromatic N) is 1. The van der Waals surface area contributed by atoms with E-state index in [0.29, 0.717) is 17.0 Å². The minimum Gasteiger partial charge on any atom is -0.465 e. The molecule has 0 unspecified atom stereocenters. The SMILES string of the molecule is COC(=O)c1ccccc1C/C=C/c1cccc(/C=C/c2ccc3ccc(Cl)cc3n2)c1. The fraction of sp³-hybridized carbons (Fsp3) is 0.0714. The Morgan fingerprint density at radius 3 is 2.53 bits per heavy atom. The molecule has 3 aromatic carbocycles. The number of halogens is 1. The van der Waals surface area contributed by atoms with Crippen molar-refractivity contribution in [2.75, 3.05) is 7.11 Å². The van der Waals surface area contributed by atoms with E-state index >= 15 is 0 Å². The topological polar surface area (TPSA) is 39.2 Å². The van der Waals surface area contributed by atoms with E-state index in [4.69, 9.17) is 16.3 Å². The molecule has 0 aliphatic rings. The van der Waals surface area contributed by atoms with Gasteiger partial charge in [-0.3, -0.25) is 0 Å². The molecule has 0 radical (unpaired) electrons. The van der Waals surface area contributed by atoms with Crippen LogP contribution in [0.2, 0.25) is 5.02 Å². The molecule has 0 aliphatic carbocycles. The quantitative estimate of drug-likeness (QED) is 0.301. The summed E-state index contributed by atoms with van der Waals surface area (Å²) in [5.74, 6) is -0.314. The van der Waals surface area contributed by atoms with Crippen molar-refractivity contribution < 1.29 is 9.53 Å². The zero-order valence-electron chi connectivity index (χ0n) is 17.7. The van der Waals surface area contributed by atoms with Crippen molar-refractivity contribution in [3.05, 3.63) is 118 Å². The van der Waals surface area contributed by atoms with Gasteiger partial charge in [0.25, 0.3) is 0 Å². The highest BCUT2D eigenvalue weighted by molar-refractivity contribution is 6.31. The Morgan fingerprint density at radius 1 is 0.906 bits per heavy atom. The van der Waals surface area contributed by atoms with E-state index in [1.165, 1.54) is 7.11 Å². The largest absolute Gasteiger partial charge is 0.465 e. The Morgan fingerprint density at radius 2 is 1.69 bits per heavy atom. The maximum Gasteiger partial charge on any atom is 0.338 e. The minimum atomic E-state index is -0.314. The third-order valence-corrected chi connectivity index (χ3v) is 5.34. The van der Waals surface area contributed by atoms with Crippen molar-refractivity contribution in [1.29, 1.82) is 0 Å². The molecule has 3 nitrogen and oxygen atoms in total. The van der Waals surface area contributed by atoms with Gasteiger partial charge < -0.3 is 4.74 Å².